The Balaban J connectivity index is 1.66. The Hall–Kier alpha value is -3.43. The molecule has 28 heavy (non-hydrogen) atoms. The van der Waals surface area contributed by atoms with Crippen molar-refractivity contribution in [1.82, 2.24) is 9.55 Å². The van der Waals surface area contributed by atoms with E-state index in [1.807, 2.05) is 23.5 Å². The van der Waals surface area contributed by atoms with Crippen molar-refractivity contribution in [1.29, 1.82) is 0 Å². The van der Waals surface area contributed by atoms with E-state index < -0.39 is 0 Å². The summed E-state index contributed by atoms with van der Waals surface area (Å²) in [6.07, 6.45) is 0. The third kappa shape index (κ3) is 2.30. The van der Waals surface area contributed by atoms with Crippen LogP contribution < -0.4 is 0 Å². The summed E-state index contributed by atoms with van der Waals surface area (Å²) in [5.41, 5.74) is 4.40. The topological polar surface area (TPSA) is 17.8 Å². The van der Waals surface area contributed by atoms with Crippen molar-refractivity contribution >= 4 is 42.5 Å². The first-order valence-corrected chi connectivity index (χ1v) is 10.1. The molecule has 0 saturated carbocycles. The van der Waals surface area contributed by atoms with Crippen LogP contribution in [0.1, 0.15) is 0 Å². The Morgan fingerprint density at radius 2 is 1.39 bits per heavy atom. The summed E-state index contributed by atoms with van der Waals surface area (Å²) in [7, 11) is 0. The summed E-state index contributed by atoms with van der Waals surface area (Å²) >= 11 is 1.85. The minimum absolute atomic E-state index is 0.974. The minimum atomic E-state index is 0.974. The number of fused-ring (bicyclic) bond motifs is 4. The first-order chi connectivity index (χ1) is 13.9. The lowest BCUT2D eigenvalue weighted by molar-refractivity contribution is 1.11. The second kappa shape index (κ2) is 6.04. The second-order valence-electron chi connectivity index (χ2n) is 6.90. The fourth-order valence-electron chi connectivity index (χ4n) is 3.92. The van der Waals surface area contributed by atoms with E-state index in [1.54, 1.807) is 0 Å². The van der Waals surface area contributed by atoms with Crippen LogP contribution in [0.4, 0.5) is 0 Å². The molecule has 6 rings (SSSR count). The maximum absolute atomic E-state index is 4.95. The Bertz CT molecular complexity index is 1460. The number of para-hydroxylation sites is 2. The smallest absolute Gasteiger partial charge is 0.145 e. The van der Waals surface area contributed by atoms with Crippen molar-refractivity contribution in [2.75, 3.05) is 0 Å². The molecule has 0 atom stereocenters. The minimum Gasteiger partial charge on any atom is -0.292 e. The van der Waals surface area contributed by atoms with Gasteiger partial charge < -0.3 is 0 Å². The Morgan fingerprint density at radius 3 is 2.32 bits per heavy atom. The number of aromatic nitrogens is 2. The van der Waals surface area contributed by atoms with Crippen molar-refractivity contribution in [2.24, 2.45) is 0 Å². The van der Waals surface area contributed by atoms with Gasteiger partial charge in [-0.05, 0) is 30.3 Å². The molecular weight excluding hydrogens is 360 g/mol. The van der Waals surface area contributed by atoms with Crippen LogP contribution in [0, 0.1) is 0 Å². The lowest BCUT2D eigenvalue weighted by Crippen LogP contribution is -1.97. The molecule has 0 radical (unpaired) electrons. The largest absolute Gasteiger partial charge is 0.292 e. The van der Waals surface area contributed by atoms with Gasteiger partial charge in [0.15, 0.2) is 0 Å². The lowest BCUT2D eigenvalue weighted by atomic mass is 10.1. The molecule has 0 aliphatic carbocycles. The number of hydrogen-bond donors (Lipinski definition) is 0. The molecule has 2 nitrogen and oxygen atoms in total. The van der Waals surface area contributed by atoms with Crippen LogP contribution in [-0.2, 0) is 0 Å². The third-order valence-corrected chi connectivity index (χ3v) is 6.35. The van der Waals surface area contributed by atoms with Crippen molar-refractivity contribution in [2.45, 2.75) is 0 Å². The SMILES string of the molecule is c1ccc(-c2nc3ccccc3n2-c2ccc3c(c2)sc2ccccc23)cc1. The molecule has 132 valence electrons. The highest BCUT2D eigenvalue weighted by Gasteiger charge is 2.15. The van der Waals surface area contributed by atoms with E-state index in [9.17, 15) is 0 Å². The predicted molar refractivity (Wildman–Crippen MR) is 119 cm³/mol. The van der Waals surface area contributed by atoms with Gasteiger partial charge in [-0.15, -0.1) is 11.3 Å². The summed E-state index contributed by atoms with van der Waals surface area (Å²) in [4.78, 5) is 4.95. The molecule has 0 N–H and O–H groups in total. The van der Waals surface area contributed by atoms with Gasteiger partial charge in [-0.25, -0.2) is 4.98 Å². The summed E-state index contributed by atoms with van der Waals surface area (Å²) < 4.78 is 4.90. The van der Waals surface area contributed by atoms with Gasteiger partial charge in [-0.2, -0.15) is 0 Å². The lowest BCUT2D eigenvalue weighted by Gasteiger charge is -2.10. The van der Waals surface area contributed by atoms with Crippen LogP contribution in [0.5, 0.6) is 0 Å². The van der Waals surface area contributed by atoms with E-state index >= 15 is 0 Å². The van der Waals surface area contributed by atoms with Crippen molar-refractivity contribution in [3.8, 4) is 17.1 Å². The van der Waals surface area contributed by atoms with Gasteiger partial charge in [0.25, 0.3) is 0 Å². The fraction of sp³-hybridized carbons (Fsp3) is 0. The zero-order chi connectivity index (χ0) is 18.5. The van der Waals surface area contributed by atoms with Gasteiger partial charge in [-0.1, -0.05) is 66.7 Å². The number of benzene rings is 4. The number of thiophene rings is 1. The molecular formula is C25H16N2S. The molecule has 0 amide bonds. The number of imidazole rings is 1. The standard InChI is InChI=1S/C25H16N2S/c1-2-8-17(9-3-1)25-26-21-11-5-6-12-22(21)27(25)18-14-15-20-19-10-4-7-13-23(19)28-24(20)16-18/h1-16H. The van der Waals surface area contributed by atoms with Gasteiger partial charge >= 0.3 is 0 Å². The highest BCUT2D eigenvalue weighted by molar-refractivity contribution is 7.25. The summed E-state index contributed by atoms with van der Waals surface area (Å²) in [6.45, 7) is 0. The molecule has 2 aromatic heterocycles. The van der Waals surface area contributed by atoms with Gasteiger partial charge in [0.1, 0.15) is 5.82 Å². The molecule has 0 aliphatic heterocycles. The molecule has 0 bridgehead atoms. The van der Waals surface area contributed by atoms with Gasteiger partial charge in [-0.3, -0.25) is 4.57 Å². The monoisotopic (exact) mass is 376 g/mol. The molecule has 4 aromatic carbocycles. The first kappa shape index (κ1) is 15.6. The predicted octanol–water partition coefficient (Wildman–Crippen LogP) is 7.06. The zero-order valence-electron chi connectivity index (χ0n) is 15.0. The summed E-state index contributed by atoms with van der Waals surface area (Å²) in [5.74, 6) is 0.974. The Morgan fingerprint density at radius 1 is 0.643 bits per heavy atom. The third-order valence-electron chi connectivity index (χ3n) is 5.21. The maximum Gasteiger partial charge on any atom is 0.145 e. The molecule has 2 heterocycles. The highest BCUT2D eigenvalue weighted by Crippen LogP contribution is 2.36. The Kier molecular flexibility index (Phi) is 3.37. The fourth-order valence-corrected chi connectivity index (χ4v) is 5.06. The van der Waals surface area contributed by atoms with E-state index in [-0.39, 0.29) is 0 Å². The summed E-state index contributed by atoms with van der Waals surface area (Å²) in [6, 6.07) is 34.1. The molecule has 0 unspecified atom stereocenters. The average Bonchev–Trinajstić information content (AvgIpc) is 3.32. The number of rotatable bonds is 2. The maximum atomic E-state index is 4.95. The average molecular weight is 376 g/mol. The molecule has 0 aliphatic rings. The van der Waals surface area contributed by atoms with Crippen molar-refractivity contribution < 1.29 is 0 Å². The van der Waals surface area contributed by atoms with Gasteiger partial charge in [0, 0.05) is 31.4 Å². The Labute approximate surface area is 166 Å². The summed E-state index contributed by atoms with van der Waals surface area (Å²) in [5, 5.41) is 2.64. The first-order valence-electron chi connectivity index (χ1n) is 9.33. The van der Waals surface area contributed by atoms with E-state index in [4.69, 9.17) is 4.98 Å². The van der Waals surface area contributed by atoms with Crippen LogP contribution in [-0.4, -0.2) is 9.55 Å². The van der Waals surface area contributed by atoms with Gasteiger partial charge in [0.2, 0.25) is 0 Å². The van der Waals surface area contributed by atoms with Crippen molar-refractivity contribution in [3.05, 3.63) is 97.1 Å². The van der Waals surface area contributed by atoms with Crippen LogP contribution in [0.3, 0.4) is 0 Å². The van der Waals surface area contributed by atoms with Crippen LogP contribution in [0.15, 0.2) is 97.1 Å². The molecule has 0 spiro atoms. The second-order valence-corrected chi connectivity index (χ2v) is 7.99. The quantitative estimate of drug-likeness (QED) is 0.316. The van der Waals surface area contributed by atoms with Gasteiger partial charge in [0.05, 0.1) is 11.0 Å². The number of nitrogens with zero attached hydrogens (tertiary/aromatic N) is 2. The van der Waals surface area contributed by atoms with Crippen LogP contribution in [0.25, 0.3) is 48.3 Å². The van der Waals surface area contributed by atoms with Crippen LogP contribution >= 0.6 is 11.3 Å². The van der Waals surface area contributed by atoms with Crippen LogP contribution in [0.2, 0.25) is 0 Å². The molecule has 3 heteroatoms. The van der Waals surface area contributed by atoms with Crippen molar-refractivity contribution in [3.63, 3.8) is 0 Å². The molecule has 6 aromatic rings. The molecule has 0 fully saturated rings. The van der Waals surface area contributed by atoms with E-state index in [1.165, 1.54) is 20.2 Å². The van der Waals surface area contributed by atoms with E-state index in [0.717, 1.165) is 28.1 Å². The highest BCUT2D eigenvalue weighted by atomic mass is 32.1. The number of hydrogen-bond acceptors (Lipinski definition) is 2. The van der Waals surface area contributed by atoms with E-state index in [2.05, 4.69) is 89.5 Å². The molecule has 0 saturated heterocycles. The normalized spacial score (nSPS) is 11.6. The van der Waals surface area contributed by atoms with E-state index in [0.29, 0.717) is 0 Å². The zero-order valence-corrected chi connectivity index (χ0v) is 15.9.